The van der Waals surface area contributed by atoms with Crippen molar-refractivity contribution < 1.29 is 19.0 Å². The van der Waals surface area contributed by atoms with Crippen molar-refractivity contribution in [2.75, 3.05) is 6.61 Å². The Labute approximate surface area is 232 Å². The summed E-state index contributed by atoms with van der Waals surface area (Å²) in [6, 6.07) is 19.9. The van der Waals surface area contributed by atoms with Crippen molar-refractivity contribution in [3.63, 3.8) is 0 Å². The Bertz CT molecular complexity index is 1300. The number of benzene rings is 3. The minimum Gasteiger partial charge on any atom is -0.490 e. The lowest BCUT2D eigenvalue weighted by Gasteiger charge is -2.15. The van der Waals surface area contributed by atoms with Crippen LogP contribution in [0.25, 0.3) is 6.08 Å². The molecule has 1 aliphatic heterocycles. The smallest absolute Gasteiger partial charge is 0.363 e. The van der Waals surface area contributed by atoms with Gasteiger partial charge in [-0.25, -0.2) is 9.79 Å². The molecule has 0 radical (unpaired) electrons. The Morgan fingerprint density at radius 1 is 1.03 bits per heavy atom. The molecule has 0 aromatic heterocycles. The summed E-state index contributed by atoms with van der Waals surface area (Å²) in [6.45, 7) is 7.13. The molecule has 0 spiro atoms. The average molecular weight is 693 g/mol. The molecular formula is C28H25I2NO4. The number of cyclic esters (lactones) is 1. The van der Waals surface area contributed by atoms with Gasteiger partial charge in [0.1, 0.15) is 6.61 Å². The van der Waals surface area contributed by atoms with Gasteiger partial charge in [0.05, 0.1) is 10.2 Å². The molecule has 0 N–H and O–H groups in total. The quantitative estimate of drug-likeness (QED) is 0.141. The van der Waals surface area contributed by atoms with Crippen LogP contribution in [0.3, 0.4) is 0 Å². The van der Waals surface area contributed by atoms with Crippen LogP contribution in [0.2, 0.25) is 0 Å². The number of hydrogen-bond donors (Lipinski definition) is 0. The molecule has 3 aromatic carbocycles. The molecule has 1 aliphatic rings. The molecule has 35 heavy (non-hydrogen) atoms. The zero-order chi connectivity index (χ0) is 24.9. The van der Waals surface area contributed by atoms with Crippen molar-refractivity contribution in [1.29, 1.82) is 0 Å². The second-order valence-electron chi connectivity index (χ2n) is 8.29. The normalized spacial score (nSPS) is 14.3. The molecule has 5 nitrogen and oxygen atoms in total. The minimum absolute atomic E-state index is 0.249. The first-order valence-corrected chi connectivity index (χ1v) is 13.5. The zero-order valence-electron chi connectivity index (χ0n) is 19.7. The molecule has 0 amide bonds. The van der Waals surface area contributed by atoms with E-state index < -0.39 is 5.97 Å². The summed E-state index contributed by atoms with van der Waals surface area (Å²) in [5.74, 6) is 1.57. The second-order valence-corrected chi connectivity index (χ2v) is 10.7. The molecule has 0 atom stereocenters. The Kier molecular flexibility index (Phi) is 8.48. The summed E-state index contributed by atoms with van der Waals surface area (Å²) in [5.41, 5.74) is 4.11. The van der Waals surface area contributed by atoms with E-state index in [0.29, 0.717) is 36.5 Å². The highest BCUT2D eigenvalue weighted by Crippen LogP contribution is 2.36. The van der Waals surface area contributed by atoms with Gasteiger partial charge in [0.2, 0.25) is 5.90 Å². The van der Waals surface area contributed by atoms with E-state index >= 15 is 0 Å². The van der Waals surface area contributed by atoms with Gasteiger partial charge in [-0.15, -0.1) is 0 Å². The van der Waals surface area contributed by atoms with E-state index in [2.05, 4.69) is 70.1 Å². The summed E-state index contributed by atoms with van der Waals surface area (Å²) in [7, 11) is 0. The average Bonchev–Trinajstić information content (AvgIpc) is 3.19. The number of esters is 1. The van der Waals surface area contributed by atoms with Crippen LogP contribution in [0.4, 0.5) is 0 Å². The van der Waals surface area contributed by atoms with E-state index in [-0.39, 0.29) is 5.70 Å². The zero-order valence-corrected chi connectivity index (χ0v) is 24.0. The molecule has 0 unspecified atom stereocenters. The van der Waals surface area contributed by atoms with Crippen LogP contribution in [0.5, 0.6) is 11.5 Å². The Morgan fingerprint density at radius 2 is 1.80 bits per heavy atom. The third-order valence-corrected chi connectivity index (χ3v) is 6.82. The third-order valence-electron chi connectivity index (χ3n) is 5.35. The van der Waals surface area contributed by atoms with Gasteiger partial charge in [-0.1, -0.05) is 38.1 Å². The molecule has 7 heteroatoms. The first kappa shape index (κ1) is 25.7. The number of nitrogens with zero attached hydrogens (tertiary/aromatic N) is 1. The van der Waals surface area contributed by atoms with Crippen LogP contribution >= 0.6 is 45.2 Å². The van der Waals surface area contributed by atoms with Gasteiger partial charge in [0.15, 0.2) is 17.2 Å². The summed E-state index contributed by atoms with van der Waals surface area (Å²) < 4.78 is 19.5. The van der Waals surface area contributed by atoms with Crippen molar-refractivity contribution in [3.8, 4) is 11.5 Å². The molecule has 0 saturated carbocycles. The van der Waals surface area contributed by atoms with Gasteiger partial charge in [-0.3, -0.25) is 0 Å². The highest BCUT2D eigenvalue weighted by Gasteiger charge is 2.24. The van der Waals surface area contributed by atoms with Crippen molar-refractivity contribution in [2.24, 2.45) is 4.99 Å². The second kappa shape index (κ2) is 11.6. The maximum atomic E-state index is 12.5. The summed E-state index contributed by atoms with van der Waals surface area (Å²) in [5, 5.41) is 0. The van der Waals surface area contributed by atoms with E-state index in [0.717, 1.165) is 23.8 Å². The fourth-order valence-corrected chi connectivity index (χ4v) is 4.95. The predicted octanol–water partition coefficient (Wildman–Crippen LogP) is 7.34. The third kappa shape index (κ3) is 6.43. The van der Waals surface area contributed by atoms with Crippen molar-refractivity contribution in [1.82, 2.24) is 0 Å². The van der Waals surface area contributed by atoms with Crippen molar-refractivity contribution in [3.05, 3.63) is 95.8 Å². The van der Waals surface area contributed by atoms with Crippen LogP contribution in [-0.2, 0) is 16.1 Å². The molecule has 180 valence electrons. The number of aliphatic imine (C=N–C) groups is 1. The largest absolute Gasteiger partial charge is 0.490 e. The standard InChI is InChI=1S/C28H25I2NO4/c1-4-33-25-15-19(13-23(30)26(25)34-16-18-6-5-7-22(29)12-18)14-24-28(32)35-27(31-24)21-10-8-20(9-11-21)17(2)3/h5-15,17H,4,16H2,1-3H3/b24-14-. The minimum atomic E-state index is -0.472. The summed E-state index contributed by atoms with van der Waals surface area (Å²) in [6.07, 6.45) is 1.71. The molecule has 0 saturated heterocycles. The molecule has 0 bridgehead atoms. The lowest BCUT2D eigenvalue weighted by molar-refractivity contribution is -0.129. The monoisotopic (exact) mass is 693 g/mol. The summed E-state index contributed by atoms with van der Waals surface area (Å²) in [4.78, 5) is 17.0. The van der Waals surface area contributed by atoms with Gasteiger partial charge in [0, 0.05) is 9.13 Å². The molecule has 0 aliphatic carbocycles. The van der Waals surface area contributed by atoms with Crippen LogP contribution in [-0.4, -0.2) is 18.5 Å². The molecule has 0 fully saturated rings. The molecule has 3 aromatic rings. The van der Waals surface area contributed by atoms with E-state index in [1.807, 2.05) is 61.5 Å². The highest BCUT2D eigenvalue weighted by molar-refractivity contribution is 14.1. The highest BCUT2D eigenvalue weighted by atomic mass is 127. The SMILES string of the molecule is CCOc1cc(/C=C2\N=C(c3ccc(C(C)C)cc3)OC2=O)cc(I)c1OCc1cccc(I)c1. The number of carbonyl (C=O) groups is 1. The molecule has 4 rings (SSSR count). The number of rotatable bonds is 8. The number of halogens is 2. The van der Waals surface area contributed by atoms with Crippen LogP contribution in [0.1, 0.15) is 48.9 Å². The topological polar surface area (TPSA) is 57.1 Å². The predicted molar refractivity (Wildman–Crippen MR) is 155 cm³/mol. The Balaban J connectivity index is 1.59. The van der Waals surface area contributed by atoms with E-state index in [4.69, 9.17) is 14.2 Å². The van der Waals surface area contributed by atoms with Gasteiger partial charge in [-0.05, 0) is 117 Å². The van der Waals surface area contributed by atoms with E-state index in [9.17, 15) is 4.79 Å². The van der Waals surface area contributed by atoms with Crippen LogP contribution in [0.15, 0.2) is 71.4 Å². The van der Waals surface area contributed by atoms with Crippen LogP contribution < -0.4 is 9.47 Å². The molecule has 1 heterocycles. The lowest BCUT2D eigenvalue weighted by atomic mass is 10.0. The Hall–Kier alpha value is -2.40. The fourth-order valence-electron chi connectivity index (χ4n) is 3.56. The number of carbonyl (C=O) groups excluding carboxylic acids is 1. The lowest BCUT2D eigenvalue weighted by Crippen LogP contribution is -2.05. The Morgan fingerprint density at radius 3 is 2.49 bits per heavy atom. The van der Waals surface area contributed by atoms with E-state index in [1.165, 1.54) is 5.56 Å². The first-order chi connectivity index (χ1) is 16.8. The van der Waals surface area contributed by atoms with E-state index in [1.54, 1.807) is 6.08 Å². The van der Waals surface area contributed by atoms with Crippen molar-refractivity contribution in [2.45, 2.75) is 33.3 Å². The number of ether oxygens (including phenoxy) is 3. The van der Waals surface area contributed by atoms with Gasteiger partial charge >= 0.3 is 5.97 Å². The van der Waals surface area contributed by atoms with Gasteiger partial charge in [0.25, 0.3) is 0 Å². The summed E-state index contributed by atoms with van der Waals surface area (Å²) >= 11 is 4.51. The molecular weight excluding hydrogens is 668 g/mol. The van der Waals surface area contributed by atoms with Crippen molar-refractivity contribution >= 4 is 63.1 Å². The first-order valence-electron chi connectivity index (χ1n) is 11.3. The van der Waals surface area contributed by atoms with Gasteiger partial charge in [-0.2, -0.15) is 0 Å². The maximum Gasteiger partial charge on any atom is 0.363 e. The van der Waals surface area contributed by atoms with Gasteiger partial charge < -0.3 is 14.2 Å². The van der Waals surface area contributed by atoms with Crippen LogP contribution in [0, 0.1) is 7.14 Å². The number of hydrogen-bond acceptors (Lipinski definition) is 5. The maximum absolute atomic E-state index is 12.5. The fraction of sp³-hybridized carbons (Fsp3) is 0.214.